The Kier molecular flexibility index (Phi) is 3.05. The first-order valence-corrected chi connectivity index (χ1v) is 5.26. The number of rotatable bonds is 2. The van der Waals surface area contributed by atoms with Crippen LogP contribution in [0.15, 0.2) is 47.6 Å². The van der Waals surface area contributed by atoms with Gasteiger partial charge in [-0.1, -0.05) is 42.5 Å². The van der Waals surface area contributed by atoms with Gasteiger partial charge in [0.2, 0.25) is 0 Å². The van der Waals surface area contributed by atoms with Crippen LogP contribution in [-0.4, -0.2) is 11.7 Å². The van der Waals surface area contributed by atoms with Crippen molar-refractivity contribution in [2.24, 2.45) is 10.8 Å². The molecular formula is C13H13N3O. The molecule has 0 heterocycles. The average Bonchev–Trinajstić information content (AvgIpc) is 2.35. The predicted molar refractivity (Wildman–Crippen MR) is 68.9 cm³/mol. The fraction of sp³-hybridized carbons (Fsp3) is 0.0769. The fourth-order valence-corrected chi connectivity index (χ4v) is 1.74. The van der Waals surface area contributed by atoms with Gasteiger partial charge in [-0.2, -0.15) is 5.10 Å². The van der Waals surface area contributed by atoms with Gasteiger partial charge in [-0.3, -0.25) is 0 Å². The van der Waals surface area contributed by atoms with Gasteiger partial charge in [-0.05, 0) is 17.7 Å². The van der Waals surface area contributed by atoms with Crippen LogP contribution in [-0.2, 0) is 0 Å². The van der Waals surface area contributed by atoms with Crippen LogP contribution in [0.5, 0.6) is 0 Å². The van der Waals surface area contributed by atoms with E-state index in [-0.39, 0.29) is 0 Å². The molecule has 0 spiro atoms. The molecule has 2 aromatic rings. The van der Waals surface area contributed by atoms with Crippen molar-refractivity contribution in [1.82, 2.24) is 5.43 Å². The van der Waals surface area contributed by atoms with Crippen LogP contribution in [0.25, 0.3) is 10.8 Å². The van der Waals surface area contributed by atoms with Crippen LogP contribution < -0.4 is 11.2 Å². The highest BCUT2D eigenvalue weighted by Gasteiger charge is 2.03. The Hall–Kier alpha value is -2.36. The van der Waals surface area contributed by atoms with E-state index >= 15 is 0 Å². The van der Waals surface area contributed by atoms with Crippen molar-refractivity contribution in [3.8, 4) is 0 Å². The number of amides is 2. The molecule has 0 aliphatic heterocycles. The highest BCUT2D eigenvalue weighted by molar-refractivity contribution is 6.09. The molecule has 2 rings (SSSR count). The second-order valence-electron chi connectivity index (χ2n) is 3.70. The van der Waals surface area contributed by atoms with E-state index in [9.17, 15) is 4.79 Å². The quantitative estimate of drug-likeness (QED) is 0.599. The van der Waals surface area contributed by atoms with E-state index in [2.05, 4.69) is 10.5 Å². The van der Waals surface area contributed by atoms with Crippen molar-refractivity contribution in [1.29, 1.82) is 0 Å². The van der Waals surface area contributed by atoms with Crippen LogP contribution in [0.2, 0.25) is 0 Å². The first-order chi connectivity index (χ1) is 8.18. The predicted octanol–water partition coefficient (Wildman–Crippen LogP) is 2.23. The molecule has 3 N–H and O–H groups in total. The third-order valence-corrected chi connectivity index (χ3v) is 2.51. The lowest BCUT2D eigenvalue weighted by Crippen LogP contribution is -2.25. The molecule has 17 heavy (non-hydrogen) atoms. The van der Waals surface area contributed by atoms with Gasteiger partial charge in [0.15, 0.2) is 0 Å². The summed E-state index contributed by atoms with van der Waals surface area (Å²) >= 11 is 0. The largest absolute Gasteiger partial charge is 0.350 e. The average molecular weight is 227 g/mol. The second kappa shape index (κ2) is 4.65. The van der Waals surface area contributed by atoms with Gasteiger partial charge in [0.25, 0.3) is 0 Å². The summed E-state index contributed by atoms with van der Waals surface area (Å²) in [4.78, 5) is 10.6. The molecule has 86 valence electrons. The Labute approximate surface area is 99.1 Å². The van der Waals surface area contributed by atoms with Gasteiger partial charge in [0.05, 0.1) is 5.71 Å². The first kappa shape index (κ1) is 11.1. The molecule has 0 fully saturated rings. The van der Waals surface area contributed by atoms with Gasteiger partial charge in [-0.15, -0.1) is 0 Å². The lowest BCUT2D eigenvalue weighted by Gasteiger charge is -2.05. The normalized spacial score (nSPS) is 11.5. The molecule has 0 bridgehead atoms. The summed E-state index contributed by atoms with van der Waals surface area (Å²) in [6.45, 7) is 1.83. The number of hydrogen-bond donors (Lipinski definition) is 2. The minimum Gasteiger partial charge on any atom is -0.350 e. The summed E-state index contributed by atoms with van der Waals surface area (Å²) < 4.78 is 0. The smallest absolute Gasteiger partial charge is 0.332 e. The molecule has 0 aliphatic rings. The number of nitrogens with two attached hydrogens (primary N) is 1. The van der Waals surface area contributed by atoms with Gasteiger partial charge < -0.3 is 5.73 Å². The number of primary amides is 1. The molecule has 2 amide bonds. The summed E-state index contributed by atoms with van der Waals surface area (Å²) in [7, 11) is 0. The Balaban J connectivity index is 2.48. The van der Waals surface area contributed by atoms with E-state index in [1.807, 2.05) is 49.4 Å². The van der Waals surface area contributed by atoms with Gasteiger partial charge in [0, 0.05) is 5.56 Å². The summed E-state index contributed by atoms with van der Waals surface area (Å²) in [6, 6.07) is 13.3. The minimum atomic E-state index is -0.662. The zero-order valence-electron chi connectivity index (χ0n) is 9.47. The SMILES string of the molecule is CC(=NNC(N)=O)c1cccc2ccccc12. The number of nitrogens with one attached hydrogen (secondary N) is 1. The molecule has 0 atom stereocenters. The standard InChI is InChI=1S/C13H13N3O/c1-9(15-16-13(14)17)11-8-4-6-10-5-2-3-7-12(10)11/h2-8H,1H3,(H3,14,16,17). The highest BCUT2D eigenvalue weighted by Crippen LogP contribution is 2.18. The van der Waals surface area contributed by atoms with Gasteiger partial charge in [-0.25, -0.2) is 10.2 Å². The van der Waals surface area contributed by atoms with Crippen molar-refractivity contribution >= 4 is 22.5 Å². The number of carbonyl (C=O) groups excluding carboxylic acids is 1. The van der Waals surface area contributed by atoms with E-state index in [0.29, 0.717) is 0 Å². The minimum absolute atomic E-state index is 0.662. The third-order valence-electron chi connectivity index (χ3n) is 2.51. The summed E-state index contributed by atoms with van der Waals surface area (Å²) in [5, 5.41) is 6.17. The number of carbonyl (C=O) groups is 1. The van der Waals surface area contributed by atoms with E-state index in [1.54, 1.807) is 0 Å². The van der Waals surface area contributed by atoms with Crippen molar-refractivity contribution in [2.45, 2.75) is 6.92 Å². The van der Waals surface area contributed by atoms with Gasteiger partial charge in [0.1, 0.15) is 0 Å². The number of benzene rings is 2. The van der Waals surface area contributed by atoms with Crippen molar-refractivity contribution in [3.05, 3.63) is 48.0 Å². The zero-order valence-corrected chi connectivity index (χ0v) is 9.47. The first-order valence-electron chi connectivity index (χ1n) is 5.26. The third kappa shape index (κ3) is 2.42. The molecule has 0 saturated heterocycles. The second-order valence-corrected chi connectivity index (χ2v) is 3.70. The monoisotopic (exact) mass is 227 g/mol. The molecular weight excluding hydrogens is 214 g/mol. The Morgan fingerprint density at radius 1 is 1.18 bits per heavy atom. The van der Waals surface area contributed by atoms with Crippen LogP contribution in [0.1, 0.15) is 12.5 Å². The Morgan fingerprint density at radius 2 is 1.88 bits per heavy atom. The highest BCUT2D eigenvalue weighted by atomic mass is 16.2. The Morgan fingerprint density at radius 3 is 2.65 bits per heavy atom. The van der Waals surface area contributed by atoms with Crippen molar-refractivity contribution in [2.75, 3.05) is 0 Å². The van der Waals surface area contributed by atoms with Crippen molar-refractivity contribution < 1.29 is 4.79 Å². The number of fused-ring (bicyclic) bond motifs is 1. The summed E-state index contributed by atoms with van der Waals surface area (Å²) in [5.41, 5.74) is 8.92. The fourth-order valence-electron chi connectivity index (χ4n) is 1.74. The topological polar surface area (TPSA) is 67.5 Å². The molecule has 0 unspecified atom stereocenters. The molecule has 0 radical (unpaired) electrons. The number of hydrazone groups is 1. The van der Waals surface area contributed by atoms with E-state index in [0.717, 1.165) is 22.0 Å². The van der Waals surface area contributed by atoms with Crippen LogP contribution in [0.4, 0.5) is 4.79 Å². The lowest BCUT2D eigenvalue weighted by atomic mass is 10.0. The number of nitrogens with zero attached hydrogens (tertiary/aromatic N) is 1. The maximum Gasteiger partial charge on any atom is 0.332 e. The van der Waals surface area contributed by atoms with E-state index in [4.69, 9.17) is 5.73 Å². The lowest BCUT2D eigenvalue weighted by molar-refractivity contribution is 0.249. The number of hydrogen-bond acceptors (Lipinski definition) is 2. The van der Waals surface area contributed by atoms with Crippen LogP contribution in [0.3, 0.4) is 0 Å². The van der Waals surface area contributed by atoms with E-state index < -0.39 is 6.03 Å². The molecule has 4 heteroatoms. The molecule has 0 aliphatic carbocycles. The maximum absolute atomic E-state index is 10.6. The molecule has 0 saturated carbocycles. The molecule has 4 nitrogen and oxygen atoms in total. The summed E-state index contributed by atoms with van der Waals surface area (Å²) in [5.74, 6) is 0. The molecule has 0 aromatic heterocycles. The Bertz CT molecular complexity index is 585. The van der Waals surface area contributed by atoms with Crippen LogP contribution in [0, 0.1) is 0 Å². The van der Waals surface area contributed by atoms with E-state index in [1.165, 1.54) is 0 Å². The maximum atomic E-state index is 10.6. The molecule has 2 aromatic carbocycles. The summed E-state index contributed by atoms with van der Waals surface area (Å²) in [6.07, 6.45) is 0. The number of urea groups is 1. The zero-order chi connectivity index (χ0) is 12.3. The van der Waals surface area contributed by atoms with Gasteiger partial charge >= 0.3 is 6.03 Å². The van der Waals surface area contributed by atoms with Crippen LogP contribution >= 0.6 is 0 Å². The van der Waals surface area contributed by atoms with Crippen molar-refractivity contribution in [3.63, 3.8) is 0 Å².